The molecule has 1 aliphatic rings. The summed E-state index contributed by atoms with van der Waals surface area (Å²) in [6.07, 6.45) is 4.06. The zero-order chi connectivity index (χ0) is 17.3. The Bertz CT molecular complexity index is 606. The van der Waals surface area contributed by atoms with Crippen molar-refractivity contribution in [3.63, 3.8) is 0 Å². The molecule has 2 aromatic rings. The van der Waals surface area contributed by atoms with Gasteiger partial charge in [-0.1, -0.05) is 36.8 Å². The molecule has 1 aliphatic heterocycles. The Labute approximate surface area is 152 Å². The maximum atomic E-state index is 5.92. The average Bonchev–Trinajstić information content (AvgIpc) is 2.69. The highest BCUT2D eigenvalue weighted by molar-refractivity contribution is 5.46. The molecule has 1 fully saturated rings. The van der Waals surface area contributed by atoms with Crippen molar-refractivity contribution in [3.8, 4) is 5.75 Å². The second kappa shape index (κ2) is 9.47. The van der Waals surface area contributed by atoms with Gasteiger partial charge >= 0.3 is 0 Å². The minimum Gasteiger partial charge on any atom is -0.492 e. The summed E-state index contributed by atoms with van der Waals surface area (Å²) in [6, 6.07) is 19.2. The molecule has 0 atom stereocenters. The van der Waals surface area contributed by atoms with Gasteiger partial charge in [-0.3, -0.25) is 4.90 Å². The molecule has 0 aromatic heterocycles. The van der Waals surface area contributed by atoms with Crippen LogP contribution in [-0.4, -0.2) is 37.7 Å². The van der Waals surface area contributed by atoms with E-state index in [9.17, 15) is 0 Å². The Kier molecular flexibility index (Phi) is 6.75. The van der Waals surface area contributed by atoms with Gasteiger partial charge in [-0.25, -0.2) is 0 Å². The van der Waals surface area contributed by atoms with Crippen LogP contribution in [0.5, 0.6) is 5.75 Å². The van der Waals surface area contributed by atoms with Gasteiger partial charge in [-0.15, -0.1) is 0 Å². The van der Waals surface area contributed by atoms with Crippen molar-refractivity contribution in [2.24, 2.45) is 0 Å². The quantitative estimate of drug-likeness (QED) is 0.701. The van der Waals surface area contributed by atoms with Crippen molar-refractivity contribution < 1.29 is 4.74 Å². The summed E-state index contributed by atoms with van der Waals surface area (Å²) in [7, 11) is 0. The zero-order valence-corrected chi connectivity index (χ0v) is 15.4. The average molecular weight is 338 g/mol. The van der Waals surface area contributed by atoms with E-state index in [4.69, 9.17) is 4.74 Å². The standard InChI is InChI=1S/C22H30N2O/c1-2-24(21-9-5-3-6-10-21)19-20-11-13-22(14-12-20)25-18-17-23-15-7-4-8-16-23/h3,5-6,9-14H,2,4,7-8,15-19H2,1H3. The summed E-state index contributed by atoms with van der Waals surface area (Å²) in [5.74, 6) is 0.975. The molecule has 25 heavy (non-hydrogen) atoms. The topological polar surface area (TPSA) is 15.7 Å². The van der Waals surface area contributed by atoms with Crippen LogP contribution in [0.25, 0.3) is 0 Å². The van der Waals surface area contributed by atoms with Crippen molar-refractivity contribution in [2.75, 3.05) is 37.7 Å². The fraction of sp³-hybridized carbons (Fsp3) is 0.455. The first-order valence-corrected chi connectivity index (χ1v) is 9.59. The maximum absolute atomic E-state index is 5.92. The van der Waals surface area contributed by atoms with Crippen molar-refractivity contribution in [2.45, 2.75) is 32.7 Å². The molecule has 3 rings (SSSR count). The highest BCUT2D eigenvalue weighted by Crippen LogP contribution is 2.18. The van der Waals surface area contributed by atoms with E-state index in [0.717, 1.165) is 32.0 Å². The molecule has 1 heterocycles. The molecule has 0 bridgehead atoms. The Morgan fingerprint density at radius 1 is 0.920 bits per heavy atom. The van der Waals surface area contributed by atoms with Crippen LogP contribution in [0.2, 0.25) is 0 Å². The Balaban J connectivity index is 1.48. The number of hydrogen-bond donors (Lipinski definition) is 0. The van der Waals surface area contributed by atoms with Crippen LogP contribution >= 0.6 is 0 Å². The Morgan fingerprint density at radius 3 is 2.32 bits per heavy atom. The molecular weight excluding hydrogens is 308 g/mol. The third-order valence-electron chi connectivity index (χ3n) is 4.92. The Morgan fingerprint density at radius 2 is 1.64 bits per heavy atom. The van der Waals surface area contributed by atoms with Gasteiger partial charge in [0.05, 0.1) is 0 Å². The van der Waals surface area contributed by atoms with Gasteiger partial charge in [0.1, 0.15) is 12.4 Å². The van der Waals surface area contributed by atoms with E-state index in [1.807, 2.05) is 0 Å². The minimum absolute atomic E-state index is 0.782. The second-order valence-electron chi connectivity index (χ2n) is 6.74. The summed E-state index contributed by atoms with van der Waals surface area (Å²) in [5.41, 5.74) is 2.58. The first-order chi connectivity index (χ1) is 12.3. The lowest BCUT2D eigenvalue weighted by molar-refractivity contribution is 0.183. The normalized spacial score (nSPS) is 15.1. The van der Waals surface area contributed by atoms with Gasteiger partial charge in [0.2, 0.25) is 0 Å². The zero-order valence-electron chi connectivity index (χ0n) is 15.4. The van der Waals surface area contributed by atoms with E-state index >= 15 is 0 Å². The van der Waals surface area contributed by atoms with Crippen LogP contribution in [0.3, 0.4) is 0 Å². The third kappa shape index (κ3) is 5.50. The van der Waals surface area contributed by atoms with E-state index in [0.29, 0.717) is 0 Å². The predicted molar refractivity (Wildman–Crippen MR) is 105 cm³/mol. The van der Waals surface area contributed by atoms with Gasteiger partial charge in [0.25, 0.3) is 0 Å². The summed E-state index contributed by atoms with van der Waals surface area (Å²) in [4.78, 5) is 4.89. The highest BCUT2D eigenvalue weighted by atomic mass is 16.5. The first kappa shape index (κ1) is 17.8. The van der Waals surface area contributed by atoms with E-state index < -0.39 is 0 Å². The molecule has 3 heteroatoms. The summed E-state index contributed by atoms with van der Waals surface area (Å²) >= 11 is 0. The third-order valence-corrected chi connectivity index (χ3v) is 4.92. The van der Waals surface area contributed by atoms with Crippen LogP contribution in [0.1, 0.15) is 31.7 Å². The lowest BCUT2D eigenvalue weighted by Gasteiger charge is -2.26. The fourth-order valence-corrected chi connectivity index (χ4v) is 3.41. The number of likely N-dealkylation sites (tertiary alicyclic amines) is 1. The maximum Gasteiger partial charge on any atom is 0.119 e. The molecule has 0 N–H and O–H groups in total. The highest BCUT2D eigenvalue weighted by Gasteiger charge is 2.09. The van der Waals surface area contributed by atoms with Crippen LogP contribution in [-0.2, 0) is 6.54 Å². The molecule has 3 nitrogen and oxygen atoms in total. The monoisotopic (exact) mass is 338 g/mol. The lowest BCUT2D eigenvalue weighted by Crippen LogP contribution is -2.33. The van der Waals surface area contributed by atoms with E-state index in [2.05, 4.69) is 71.3 Å². The lowest BCUT2D eigenvalue weighted by atomic mass is 10.1. The van der Waals surface area contributed by atoms with Gasteiger partial charge in [0, 0.05) is 25.3 Å². The summed E-state index contributed by atoms with van der Waals surface area (Å²) in [5, 5.41) is 0. The first-order valence-electron chi connectivity index (χ1n) is 9.59. The number of hydrogen-bond acceptors (Lipinski definition) is 3. The molecule has 0 unspecified atom stereocenters. The van der Waals surface area contributed by atoms with Crippen molar-refractivity contribution in [1.29, 1.82) is 0 Å². The van der Waals surface area contributed by atoms with Crippen LogP contribution in [0, 0.1) is 0 Å². The largest absolute Gasteiger partial charge is 0.492 e. The molecule has 1 saturated heterocycles. The van der Waals surface area contributed by atoms with Gasteiger partial charge in [-0.2, -0.15) is 0 Å². The number of benzene rings is 2. The second-order valence-corrected chi connectivity index (χ2v) is 6.74. The number of rotatable bonds is 8. The van der Waals surface area contributed by atoms with Crippen molar-refractivity contribution in [3.05, 3.63) is 60.2 Å². The van der Waals surface area contributed by atoms with Crippen LogP contribution < -0.4 is 9.64 Å². The SMILES string of the molecule is CCN(Cc1ccc(OCCN2CCCCC2)cc1)c1ccccc1. The number of ether oxygens (including phenoxy) is 1. The van der Waals surface area contributed by atoms with Crippen LogP contribution in [0.4, 0.5) is 5.69 Å². The summed E-state index contributed by atoms with van der Waals surface area (Å²) in [6.45, 7) is 8.41. The molecule has 0 spiro atoms. The van der Waals surface area contributed by atoms with Crippen molar-refractivity contribution in [1.82, 2.24) is 4.90 Å². The molecule has 2 aromatic carbocycles. The number of para-hydroxylation sites is 1. The number of piperidine rings is 1. The van der Waals surface area contributed by atoms with E-state index in [-0.39, 0.29) is 0 Å². The van der Waals surface area contributed by atoms with E-state index in [1.165, 1.54) is 43.6 Å². The van der Waals surface area contributed by atoms with Gasteiger partial charge in [0.15, 0.2) is 0 Å². The van der Waals surface area contributed by atoms with Gasteiger partial charge < -0.3 is 9.64 Å². The summed E-state index contributed by atoms with van der Waals surface area (Å²) < 4.78 is 5.92. The molecule has 0 amide bonds. The van der Waals surface area contributed by atoms with Gasteiger partial charge in [-0.05, 0) is 62.7 Å². The number of nitrogens with zero attached hydrogens (tertiary/aromatic N) is 2. The molecular formula is C22H30N2O. The minimum atomic E-state index is 0.782. The van der Waals surface area contributed by atoms with Crippen LogP contribution in [0.15, 0.2) is 54.6 Å². The van der Waals surface area contributed by atoms with E-state index in [1.54, 1.807) is 0 Å². The fourth-order valence-electron chi connectivity index (χ4n) is 3.41. The molecule has 134 valence electrons. The smallest absolute Gasteiger partial charge is 0.119 e. The molecule has 0 saturated carbocycles. The molecule has 0 aliphatic carbocycles. The number of anilines is 1. The molecule has 0 radical (unpaired) electrons. The predicted octanol–water partition coefficient (Wildman–Crippen LogP) is 4.58. The Hall–Kier alpha value is -2.00. The van der Waals surface area contributed by atoms with Crippen molar-refractivity contribution >= 4 is 5.69 Å².